The zero-order valence-corrected chi connectivity index (χ0v) is 11.1. The van der Waals surface area contributed by atoms with Gasteiger partial charge in [-0.2, -0.15) is 0 Å². The molecule has 2 fully saturated rings. The SMILES string of the molecule is O=C(c1cncnc1)N1CCCC(C2CCCN2)C1. The molecular formula is C14H20N4O. The highest BCUT2D eigenvalue weighted by atomic mass is 16.2. The normalized spacial score (nSPS) is 27.5. The van der Waals surface area contributed by atoms with E-state index in [9.17, 15) is 4.79 Å². The zero-order chi connectivity index (χ0) is 13.1. The molecule has 2 aliphatic rings. The number of likely N-dealkylation sites (tertiary alicyclic amines) is 1. The molecule has 0 saturated carbocycles. The topological polar surface area (TPSA) is 58.1 Å². The fraction of sp³-hybridized carbons (Fsp3) is 0.643. The Morgan fingerprint density at radius 3 is 2.84 bits per heavy atom. The Morgan fingerprint density at radius 1 is 1.26 bits per heavy atom. The summed E-state index contributed by atoms with van der Waals surface area (Å²) in [4.78, 5) is 22.2. The number of amides is 1. The van der Waals surface area contributed by atoms with E-state index in [-0.39, 0.29) is 5.91 Å². The average Bonchev–Trinajstić information content (AvgIpc) is 3.02. The highest BCUT2D eigenvalue weighted by Crippen LogP contribution is 2.25. The van der Waals surface area contributed by atoms with E-state index in [1.54, 1.807) is 12.4 Å². The van der Waals surface area contributed by atoms with Crippen LogP contribution in [0.5, 0.6) is 0 Å². The van der Waals surface area contributed by atoms with Crippen LogP contribution < -0.4 is 5.32 Å². The summed E-state index contributed by atoms with van der Waals surface area (Å²) in [5.41, 5.74) is 0.600. The van der Waals surface area contributed by atoms with Crippen molar-refractivity contribution in [1.82, 2.24) is 20.2 Å². The van der Waals surface area contributed by atoms with E-state index in [1.165, 1.54) is 25.6 Å². The number of piperidine rings is 1. The van der Waals surface area contributed by atoms with E-state index < -0.39 is 0 Å². The van der Waals surface area contributed by atoms with E-state index in [0.717, 1.165) is 26.1 Å². The Kier molecular flexibility index (Phi) is 3.73. The van der Waals surface area contributed by atoms with Crippen LogP contribution in [0.15, 0.2) is 18.7 Å². The second-order valence-corrected chi connectivity index (χ2v) is 5.48. The molecule has 1 aromatic rings. The van der Waals surface area contributed by atoms with E-state index in [0.29, 0.717) is 17.5 Å². The van der Waals surface area contributed by atoms with E-state index in [4.69, 9.17) is 0 Å². The van der Waals surface area contributed by atoms with Gasteiger partial charge < -0.3 is 10.2 Å². The van der Waals surface area contributed by atoms with Gasteiger partial charge in [0.15, 0.2) is 0 Å². The highest BCUT2D eigenvalue weighted by molar-refractivity contribution is 5.93. The van der Waals surface area contributed by atoms with Gasteiger partial charge in [0, 0.05) is 31.5 Å². The van der Waals surface area contributed by atoms with Gasteiger partial charge in [-0.1, -0.05) is 0 Å². The lowest BCUT2D eigenvalue weighted by Crippen LogP contribution is -2.45. The number of carbonyl (C=O) groups excluding carboxylic acids is 1. The van der Waals surface area contributed by atoms with Crippen molar-refractivity contribution in [2.24, 2.45) is 5.92 Å². The van der Waals surface area contributed by atoms with Crippen LogP contribution in [0.3, 0.4) is 0 Å². The Labute approximate surface area is 113 Å². The summed E-state index contributed by atoms with van der Waals surface area (Å²) in [6.07, 6.45) is 9.51. The molecule has 2 unspecified atom stereocenters. The molecule has 1 amide bonds. The molecule has 102 valence electrons. The summed E-state index contributed by atoms with van der Waals surface area (Å²) in [6.45, 7) is 2.85. The first-order valence-electron chi connectivity index (χ1n) is 7.12. The lowest BCUT2D eigenvalue weighted by Gasteiger charge is -2.35. The minimum Gasteiger partial charge on any atom is -0.338 e. The zero-order valence-electron chi connectivity index (χ0n) is 11.1. The van der Waals surface area contributed by atoms with Crippen LogP contribution in [-0.2, 0) is 0 Å². The van der Waals surface area contributed by atoms with Gasteiger partial charge in [-0.15, -0.1) is 0 Å². The Hall–Kier alpha value is -1.49. The van der Waals surface area contributed by atoms with Crippen LogP contribution in [0, 0.1) is 5.92 Å². The molecule has 2 aliphatic heterocycles. The summed E-state index contributed by atoms with van der Waals surface area (Å²) < 4.78 is 0. The lowest BCUT2D eigenvalue weighted by atomic mass is 9.89. The Morgan fingerprint density at radius 2 is 2.11 bits per heavy atom. The maximum Gasteiger partial charge on any atom is 0.257 e. The second-order valence-electron chi connectivity index (χ2n) is 5.48. The molecule has 3 heterocycles. The van der Waals surface area contributed by atoms with Gasteiger partial charge in [0.25, 0.3) is 5.91 Å². The summed E-state index contributed by atoms with van der Waals surface area (Å²) in [6, 6.07) is 0.600. The third kappa shape index (κ3) is 2.76. The Bertz CT molecular complexity index is 430. The van der Waals surface area contributed by atoms with Gasteiger partial charge in [0.2, 0.25) is 0 Å². The average molecular weight is 260 g/mol. The minimum absolute atomic E-state index is 0.0725. The van der Waals surface area contributed by atoms with Gasteiger partial charge >= 0.3 is 0 Å². The fourth-order valence-electron chi connectivity index (χ4n) is 3.23. The van der Waals surface area contributed by atoms with Gasteiger partial charge in [0.05, 0.1) is 5.56 Å². The molecule has 5 nitrogen and oxygen atoms in total. The molecule has 2 atom stereocenters. The molecular weight excluding hydrogens is 240 g/mol. The highest BCUT2D eigenvalue weighted by Gasteiger charge is 2.31. The second kappa shape index (κ2) is 5.65. The molecule has 1 N–H and O–H groups in total. The monoisotopic (exact) mass is 260 g/mol. The molecule has 3 rings (SSSR count). The van der Waals surface area contributed by atoms with E-state index >= 15 is 0 Å². The molecule has 0 aliphatic carbocycles. The first-order chi connectivity index (χ1) is 9.34. The van der Waals surface area contributed by atoms with Crippen molar-refractivity contribution in [1.29, 1.82) is 0 Å². The number of hydrogen-bond acceptors (Lipinski definition) is 4. The van der Waals surface area contributed by atoms with Crippen LogP contribution in [0.2, 0.25) is 0 Å². The molecule has 0 bridgehead atoms. The summed E-state index contributed by atoms with van der Waals surface area (Å²) >= 11 is 0. The minimum atomic E-state index is 0.0725. The summed E-state index contributed by atoms with van der Waals surface area (Å²) in [5, 5.41) is 3.56. The molecule has 19 heavy (non-hydrogen) atoms. The van der Waals surface area contributed by atoms with E-state index in [2.05, 4.69) is 15.3 Å². The first kappa shape index (κ1) is 12.5. The van der Waals surface area contributed by atoms with Crippen LogP contribution in [0.25, 0.3) is 0 Å². The van der Waals surface area contributed by atoms with Crippen LogP contribution in [-0.4, -0.2) is 46.5 Å². The van der Waals surface area contributed by atoms with E-state index in [1.807, 2.05) is 4.90 Å². The van der Waals surface area contributed by atoms with Crippen molar-refractivity contribution in [2.45, 2.75) is 31.7 Å². The predicted octanol–water partition coefficient (Wildman–Crippen LogP) is 1.08. The van der Waals surface area contributed by atoms with Gasteiger partial charge in [0.1, 0.15) is 6.33 Å². The quantitative estimate of drug-likeness (QED) is 0.864. The lowest BCUT2D eigenvalue weighted by molar-refractivity contribution is 0.0650. The largest absolute Gasteiger partial charge is 0.338 e. The molecule has 2 saturated heterocycles. The predicted molar refractivity (Wildman–Crippen MR) is 71.7 cm³/mol. The van der Waals surface area contributed by atoms with Crippen LogP contribution in [0.4, 0.5) is 0 Å². The van der Waals surface area contributed by atoms with Crippen molar-refractivity contribution in [3.63, 3.8) is 0 Å². The van der Waals surface area contributed by atoms with Crippen molar-refractivity contribution in [3.05, 3.63) is 24.3 Å². The van der Waals surface area contributed by atoms with Gasteiger partial charge in [-0.25, -0.2) is 9.97 Å². The maximum atomic E-state index is 12.4. The summed E-state index contributed by atoms with van der Waals surface area (Å²) in [5.74, 6) is 0.674. The third-order valence-corrected chi connectivity index (χ3v) is 4.22. The standard InChI is InChI=1S/C14H20N4O/c19-14(12-7-15-10-16-8-12)18-6-2-3-11(9-18)13-4-1-5-17-13/h7-8,10-11,13,17H,1-6,9H2. The van der Waals surface area contributed by atoms with Gasteiger partial charge in [-0.05, 0) is 38.1 Å². The van der Waals surface area contributed by atoms with Crippen molar-refractivity contribution < 1.29 is 4.79 Å². The van der Waals surface area contributed by atoms with Crippen LogP contribution in [0.1, 0.15) is 36.0 Å². The molecule has 1 aromatic heterocycles. The number of aromatic nitrogens is 2. The molecule has 5 heteroatoms. The smallest absolute Gasteiger partial charge is 0.257 e. The van der Waals surface area contributed by atoms with Crippen molar-refractivity contribution in [3.8, 4) is 0 Å². The van der Waals surface area contributed by atoms with Crippen molar-refractivity contribution in [2.75, 3.05) is 19.6 Å². The number of nitrogens with zero attached hydrogens (tertiary/aromatic N) is 3. The van der Waals surface area contributed by atoms with Crippen molar-refractivity contribution >= 4 is 5.91 Å². The van der Waals surface area contributed by atoms with Crippen LogP contribution >= 0.6 is 0 Å². The van der Waals surface area contributed by atoms with Gasteiger partial charge in [-0.3, -0.25) is 4.79 Å². The molecule has 0 aromatic carbocycles. The first-order valence-corrected chi connectivity index (χ1v) is 7.12. The number of rotatable bonds is 2. The Balaban J connectivity index is 1.66. The molecule has 0 spiro atoms. The maximum absolute atomic E-state index is 12.4. The number of carbonyl (C=O) groups is 1. The molecule has 0 radical (unpaired) electrons. The number of nitrogens with one attached hydrogen (secondary N) is 1. The number of hydrogen-bond donors (Lipinski definition) is 1. The fourth-order valence-corrected chi connectivity index (χ4v) is 3.23. The summed E-state index contributed by atoms with van der Waals surface area (Å²) in [7, 11) is 0. The third-order valence-electron chi connectivity index (χ3n) is 4.22.